The van der Waals surface area contributed by atoms with Gasteiger partial charge >= 0.3 is 6.01 Å². The van der Waals surface area contributed by atoms with Crippen LogP contribution < -0.4 is 14.4 Å². The Bertz CT molecular complexity index is 1390. The summed E-state index contributed by atoms with van der Waals surface area (Å²) >= 11 is 11.9. The lowest BCUT2D eigenvalue weighted by Gasteiger charge is -2.35. The molecule has 0 aliphatic carbocycles. The van der Waals surface area contributed by atoms with Crippen LogP contribution in [0.4, 0.5) is 5.69 Å². The van der Waals surface area contributed by atoms with Crippen LogP contribution in [-0.2, 0) is 21.4 Å². The second-order valence-electron chi connectivity index (χ2n) is 8.60. The maximum absolute atomic E-state index is 12.9. The maximum Gasteiger partial charge on any atom is 0.322 e. The van der Waals surface area contributed by atoms with E-state index in [-0.39, 0.29) is 26.9 Å². The number of aromatic nitrogens is 3. The number of ether oxygens (including phenoxy) is 1. The molecule has 0 spiro atoms. The minimum absolute atomic E-state index is 0.00580. The number of hydrogen-bond acceptors (Lipinski definition) is 7. The summed E-state index contributed by atoms with van der Waals surface area (Å²) in [5.41, 5.74) is 0.978. The average molecular weight is 567 g/mol. The number of nitrogens with zero attached hydrogens (tertiary/aromatic N) is 5. The molecule has 1 aromatic heterocycles. The zero-order chi connectivity index (χ0) is 26.7. The van der Waals surface area contributed by atoms with Crippen molar-refractivity contribution in [3.05, 3.63) is 58.3 Å². The van der Waals surface area contributed by atoms with Gasteiger partial charge in [-0.3, -0.25) is 9.36 Å². The first-order chi connectivity index (χ1) is 17.6. The van der Waals surface area contributed by atoms with Crippen LogP contribution in [0.5, 0.6) is 11.8 Å². The summed E-state index contributed by atoms with van der Waals surface area (Å²) in [5, 5.41) is 8.77. The number of carbonyl (C=O) groups is 1. The zero-order valence-electron chi connectivity index (χ0n) is 20.7. The third-order valence-electron chi connectivity index (χ3n) is 6.10. The van der Waals surface area contributed by atoms with E-state index < -0.39 is 16.1 Å². The summed E-state index contributed by atoms with van der Waals surface area (Å²) in [5.74, 6) is 1.06. The number of sulfonamides is 1. The normalized spacial score (nSPS) is 15.1. The molecule has 10 nitrogen and oxygen atoms in total. The van der Waals surface area contributed by atoms with Crippen molar-refractivity contribution >= 4 is 44.8 Å². The van der Waals surface area contributed by atoms with E-state index in [2.05, 4.69) is 19.8 Å². The topological polar surface area (TPSA) is 110 Å². The van der Waals surface area contributed by atoms with Crippen molar-refractivity contribution in [2.24, 2.45) is 0 Å². The molecule has 0 bridgehead atoms. The molecule has 0 saturated carbocycles. The highest BCUT2D eigenvalue weighted by atomic mass is 35.5. The zero-order valence-corrected chi connectivity index (χ0v) is 23.0. The highest BCUT2D eigenvalue weighted by Gasteiger charge is 2.25. The van der Waals surface area contributed by atoms with Crippen molar-refractivity contribution in [2.45, 2.75) is 38.3 Å². The highest BCUT2D eigenvalue weighted by Crippen LogP contribution is 2.29. The Balaban J connectivity index is 1.49. The van der Waals surface area contributed by atoms with Gasteiger partial charge in [0.15, 0.2) is 5.82 Å². The number of rotatable bonds is 8. The van der Waals surface area contributed by atoms with Crippen molar-refractivity contribution in [3.63, 3.8) is 0 Å². The van der Waals surface area contributed by atoms with Gasteiger partial charge in [0.1, 0.15) is 5.75 Å². The maximum atomic E-state index is 12.9. The van der Waals surface area contributed by atoms with Crippen LogP contribution in [0, 0.1) is 0 Å². The standard InChI is InChI=1S/C24H28Cl2N6O4S/c1-4-32-23(16(2)29-37(34,35)20-8-9-21(25)22(26)15-20)27-28-24(32)36-19-7-5-6-18(14-19)31-12-10-30(11-13-31)17(3)33/h5-9,14-16,29H,4,10-13H2,1-3H3. The predicted octanol–water partition coefficient (Wildman–Crippen LogP) is 4.11. The van der Waals surface area contributed by atoms with Crippen molar-refractivity contribution in [2.75, 3.05) is 31.1 Å². The molecule has 1 N–H and O–H groups in total. The monoisotopic (exact) mass is 566 g/mol. The largest absolute Gasteiger partial charge is 0.424 e. The molecule has 2 aromatic carbocycles. The van der Waals surface area contributed by atoms with Crippen LogP contribution in [0.25, 0.3) is 0 Å². The fraction of sp³-hybridized carbons (Fsp3) is 0.375. The van der Waals surface area contributed by atoms with Crippen molar-refractivity contribution in [1.29, 1.82) is 0 Å². The minimum Gasteiger partial charge on any atom is -0.424 e. The molecule has 1 amide bonds. The van der Waals surface area contributed by atoms with Gasteiger partial charge in [-0.05, 0) is 44.2 Å². The summed E-state index contributed by atoms with van der Waals surface area (Å²) in [4.78, 5) is 15.6. The Morgan fingerprint density at radius 1 is 1.08 bits per heavy atom. The number of hydrogen-bond donors (Lipinski definition) is 1. The Labute approximate surface area is 226 Å². The molecule has 37 heavy (non-hydrogen) atoms. The number of halogens is 2. The Morgan fingerprint density at radius 2 is 1.81 bits per heavy atom. The second-order valence-corrected chi connectivity index (χ2v) is 11.1. The predicted molar refractivity (Wildman–Crippen MR) is 142 cm³/mol. The van der Waals surface area contributed by atoms with Gasteiger partial charge < -0.3 is 14.5 Å². The van der Waals surface area contributed by atoms with Crippen LogP contribution in [0.3, 0.4) is 0 Å². The molecule has 1 fully saturated rings. The number of nitrogens with one attached hydrogen (secondary N) is 1. The lowest BCUT2D eigenvalue weighted by atomic mass is 10.2. The van der Waals surface area contributed by atoms with Gasteiger partial charge in [0.2, 0.25) is 15.9 Å². The van der Waals surface area contributed by atoms with Crippen LogP contribution in [0.15, 0.2) is 47.4 Å². The molecule has 1 unspecified atom stereocenters. The lowest BCUT2D eigenvalue weighted by molar-refractivity contribution is -0.129. The second kappa shape index (κ2) is 11.3. The molecular formula is C24H28Cl2N6O4S. The van der Waals surface area contributed by atoms with Crippen LogP contribution in [0.2, 0.25) is 10.0 Å². The van der Waals surface area contributed by atoms with E-state index in [0.717, 1.165) is 18.8 Å². The van der Waals surface area contributed by atoms with Crippen LogP contribution in [0.1, 0.15) is 32.6 Å². The lowest BCUT2D eigenvalue weighted by Crippen LogP contribution is -2.48. The summed E-state index contributed by atoms with van der Waals surface area (Å²) < 4.78 is 36.2. The number of piperazine rings is 1. The van der Waals surface area contributed by atoms with Gasteiger partial charge in [-0.1, -0.05) is 34.4 Å². The summed E-state index contributed by atoms with van der Waals surface area (Å²) in [6.07, 6.45) is 0. The van der Waals surface area contributed by atoms with E-state index in [4.69, 9.17) is 27.9 Å². The number of carbonyl (C=O) groups excluding carboxylic acids is 1. The van der Waals surface area contributed by atoms with Crippen molar-refractivity contribution < 1.29 is 17.9 Å². The third kappa shape index (κ3) is 6.18. The Hall–Kier alpha value is -2.86. The van der Waals surface area contributed by atoms with E-state index in [1.165, 1.54) is 18.2 Å². The summed E-state index contributed by atoms with van der Waals surface area (Å²) in [6, 6.07) is 11.3. The quantitative estimate of drug-likeness (QED) is 0.437. The van der Waals surface area contributed by atoms with Crippen LogP contribution in [-0.4, -0.2) is 60.2 Å². The molecule has 1 aliphatic heterocycles. The van der Waals surface area contributed by atoms with Gasteiger partial charge in [0.25, 0.3) is 0 Å². The fourth-order valence-corrected chi connectivity index (χ4v) is 5.71. The summed E-state index contributed by atoms with van der Waals surface area (Å²) in [6.45, 7) is 8.42. The number of amides is 1. The highest BCUT2D eigenvalue weighted by molar-refractivity contribution is 7.89. The van der Waals surface area contributed by atoms with Crippen molar-refractivity contribution in [1.82, 2.24) is 24.4 Å². The van der Waals surface area contributed by atoms with E-state index in [9.17, 15) is 13.2 Å². The molecular weight excluding hydrogens is 539 g/mol. The number of anilines is 1. The van der Waals surface area contributed by atoms with E-state index >= 15 is 0 Å². The first-order valence-corrected chi connectivity index (χ1v) is 14.0. The minimum atomic E-state index is -3.89. The van der Waals surface area contributed by atoms with Gasteiger partial charge in [-0.2, -0.15) is 0 Å². The molecule has 2 heterocycles. The Morgan fingerprint density at radius 3 is 2.46 bits per heavy atom. The number of benzene rings is 2. The van der Waals surface area contributed by atoms with Gasteiger partial charge in [-0.15, -0.1) is 5.10 Å². The van der Waals surface area contributed by atoms with Gasteiger partial charge in [0.05, 0.1) is 21.0 Å². The fourth-order valence-electron chi connectivity index (χ4n) is 4.12. The summed E-state index contributed by atoms with van der Waals surface area (Å²) in [7, 11) is -3.89. The van der Waals surface area contributed by atoms with Gasteiger partial charge in [0, 0.05) is 51.4 Å². The molecule has 3 aromatic rings. The molecule has 13 heteroatoms. The Kier molecular flexibility index (Phi) is 8.27. The SMILES string of the molecule is CCn1c(Oc2cccc(N3CCN(C(C)=O)CC3)c2)nnc1C(C)NS(=O)(=O)c1ccc(Cl)c(Cl)c1. The molecule has 1 atom stereocenters. The van der Waals surface area contributed by atoms with Gasteiger partial charge in [-0.25, -0.2) is 13.1 Å². The molecule has 198 valence electrons. The third-order valence-corrected chi connectivity index (χ3v) is 8.38. The molecule has 0 radical (unpaired) electrons. The van der Waals surface area contributed by atoms with E-state index in [1.54, 1.807) is 18.4 Å². The van der Waals surface area contributed by atoms with Crippen LogP contribution >= 0.6 is 23.2 Å². The molecule has 1 aliphatic rings. The molecule has 1 saturated heterocycles. The first kappa shape index (κ1) is 27.2. The average Bonchev–Trinajstić information content (AvgIpc) is 3.28. The van der Waals surface area contributed by atoms with E-state index in [1.807, 2.05) is 36.1 Å². The smallest absolute Gasteiger partial charge is 0.322 e. The van der Waals surface area contributed by atoms with Crippen molar-refractivity contribution in [3.8, 4) is 11.8 Å². The van der Waals surface area contributed by atoms with E-state index in [0.29, 0.717) is 31.2 Å². The first-order valence-electron chi connectivity index (χ1n) is 11.8. The molecule has 4 rings (SSSR count).